The second kappa shape index (κ2) is 4.49. The van der Waals surface area contributed by atoms with Crippen molar-refractivity contribution in [3.8, 4) is 5.75 Å². The van der Waals surface area contributed by atoms with E-state index in [0.29, 0.717) is 0 Å². The van der Waals surface area contributed by atoms with Crippen molar-refractivity contribution >= 4 is 17.3 Å². The first-order valence-corrected chi connectivity index (χ1v) is 4.72. The summed E-state index contributed by atoms with van der Waals surface area (Å²) in [5, 5.41) is 31.6. The van der Waals surface area contributed by atoms with Crippen molar-refractivity contribution in [2.24, 2.45) is 0 Å². The number of aromatic nitrogens is 3. The van der Waals surface area contributed by atoms with Gasteiger partial charge in [-0.2, -0.15) is 15.4 Å². The number of rotatable bonds is 3. The molecule has 0 fully saturated rings. The molecule has 0 atom stereocenters. The number of nitro benzene ring substituents is 1. The van der Waals surface area contributed by atoms with Crippen LogP contribution in [0.3, 0.4) is 0 Å². The normalized spacial score (nSPS) is 10.0. The molecule has 9 nitrogen and oxygen atoms in total. The molecule has 9 heteroatoms. The van der Waals surface area contributed by atoms with Gasteiger partial charge in [-0.1, -0.05) is 0 Å². The Morgan fingerprint density at radius 1 is 1.50 bits per heavy atom. The van der Waals surface area contributed by atoms with Crippen LogP contribution in [0.2, 0.25) is 0 Å². The van der Waals surface area contributed by atoms with Crippen molar-refractivity contribution in [1.29, 1.82) is 0 Å². The summed E-state index contributed by atoms with van der Waals surface area (Å²) in [5.41, 5.74) is -0.187. The second-order valence-electron chi connectivity index (χ2n) is 3.27. The lowest BCUT2D eigenvalue weighted by Gasteiger charge is -2.04. The van der Waals surface area contributed by atoms with E-state index in [4.69, 9.17) is 0 Å². The smallest absolute Gasteiger partial charge is 0.277 e. The van der Waals surface area contributed by atoms with Crippen molar-refractivity contribution in [3.63, 3.8) is 0 Å². The molecule has 0 radical (unpaired) electrons. The molecule has 3 N–H and O–H groups in total. The van der Waals surface area contributed by atoms with Gasteiger partial charge in [0.15, 0.2) is 5.69 Å². The van der Waals surface area contributed by atoms with Gasteiger partial charge in [0.05, 0.1) is 22.9 Å². The Labute approximate surface area is 99.6 Å². The Balaban J connectivity index is 2.20. The average molecular weight is 249 g/mol. The molecule has 0 aliphatic heterocycles. The number of nitrogens with one attached hydrogen (secondary N) is 2. The minimum atomic E-state index is -0.650. The molecule has 1 heterocycles. The molecule has 2 rings (SSSR count). The number of carbonyl (C=O) groups is 1. The van der Waals surface area contributed by atoms with E-state index in [-0.39, 0.29) is 17.1 Å². The summed E-state index contributed by atoms with van der Waals surface area (Å²) in [4.78, 5) is 21.4. The number of phenols is 1. The third kappa shape index (κ3) is 2.24. The summed E-state index contributed by atoms with van der Waals surface area (Å²) in [7, 11) is 0. The number of nitro groups is 1. The molecule has 1 amide bonds. The maximum Gasteiger partial charge on any atom is 0.277 e. The average Bonchev–Trinajstić information content (AvgIpc) is 2.85. The van der Waals surface area contributed by atoms with Gasteiger partial charge < -0.3 is 10.4 Å². The number of anilines is 1. The van der Waals surface area contributed by atoms with Crippen molar-refractivity contribution in [3.05, 3.63) is 40.2 Å². The van der Waals surface area contributed by atoms with E-state index in [1.807, 2.05) is 0 Å². The SMILES string of the molecule is O=C(Nc1ccc([N+](=O)[O-])cc1O)c1cn[nH]n1. The number of non-ortho nitro benzene ring substituents is 1. The minimum absolute atomic E-state index is 0.0350. The van der Waals surface area contributed by atoms with Gasteiger partial charge in [0, 0.05) is 6.07 Å². The summed E-state index contributed by atoms with van der Waals surface area (Å²) in [5.74, 6) is -0.992. The summed E-state index contributed by atoms with van der Waals surface area (Å²) in [6, 6.07) is 3.34. The Morgan fingerprint density at radius 3 is 2.83 bits per heavy atom. The first-order chi connectivity index (χ1) is 8.58. The zero-order valence-corrected chi connectivity index (χ0v) is 8.82. The molecule has 92 valence electrons. The zero-order chi connectivity index (χ0) is 13.1. The van der Waals surface area contributed by atoms with Gasteiger partial charge in [0.1, 0.15) is 5.75 Å². The Bertz CT molecular complexity index is 595. The van der Waals surface area contributed by atoms with Gasteiger partial charge in [-0.25, -0.2) is 0 Å². The van der Waals surface area contributed by atoms with Gasteiger partial charge >= 0.3 is 0 Å². The Hall–Kier alpha value is -2.97. The monoisotopic (exact) mass is 249 g/mol. The van der Waals surface area contributed by atoms with Gasteiger partial charge in [0.25, 0.3) is 11.6 Å². The fourth-order valence-corrected chi connectivity index (χ4v) is 1.24. The van der Waals surface area contributed by atoms with Crippen LogP contribution in [-0.4, -0.2) is 31.3 Å². The molecule has 18 heavy (non-hydrogen) atoms. The maximum atomic E-state index is 11.6. The van der Waals surface area contributed by atoms with Crippen LogP contribution in [0, 0.1) is 10.1 Å². The predicted molar refractivity (Wildman–Crippen MR) is 59.1 cm³/mol. The van der Waals surface area contributed by atoms with Gasteiger partial charge in [0.2, 0.25) is 0 Å². The van der Waals surface area contributed by atoms with E-state index in [1.165, 1.54) is 12.3 Å². The number of carbonyl (C=O) groups excluding carboxylic acids is 1. The topological polar surface area (TPSA) is 134 Å². The highest BCUT2D eigenvalue weighted by molar-refractivity contribution is 6.03. The quantitative estimate of drug-likeness (QED) is 0.415. The number of amides is 1. The zero-order valence-electron chi connectivity index (χ0n) is 8.82. The summed E-state index contributed by atoms with van der Waals surface area (Å²) in [6.45, 7) is 0. The molecule has 0 saturated heterocycles. The largest absolute Gasteiger partial charge is 0.506 e. The lowest BCUT2D eigenvalue weighted by Crippen LogP contribution is -2.12. The number of aromatic amines is 1. The standard InChI is InChI=1S/C9H7N5O4/c15-8-3-5(14(17)18)1-2-6(8)11-9(16)7-4-10-13-12-7/h1-4,15H,(H,11,16)(H,10,12,13). The van der Waals surface area contributed by atoms with Crippen molar-refractivity contribution in [2.45, 2.75) is 0 Å². The van der Waals surface area contributed by atoms with Gasteiger partial charge in [-0.05, 0) is 6.07 Å². The summed E-state index contributed by atoms with van der Waals surface area (Å²) < 4.78 is 0. The van der Waals surface area contributed by atoms with Crippen molar-refractivity contribution in [1.82, 2.24) is 15.4 Å². The lowest BCUT2D eigenvalue weighted by atomic mass is 10.2. The Morgan fingerprint density at radius 2 is 2.28 bits per heavy atom. The van der Waals surface area contributed by atoms with Gasteiger partial charge in [-0.3, -0.25) is 14.9 Å². The van der Waals surface area contributed by atoms with Crippen LogP contribution in [-0.2, 0) is 0 Å². The molecule has 0 bridgehead atoms. The van der Waals surface area contributed by atoms with E-state index < -0.39 is 16.6 Å². The molecule has 1 aromatic carbocycles. The number of H-pyrrole nitrogens is 1. The number of nitrogens with zero attached hydrogens (tertiary/aromatic N) is 3. The van der Waals surface area contributed by atoms with Crippen LogP contribution >= 0.6 is 0 Å². The minimum Gasteiger partial charge on any atom is -0.506 e. The lowest BCUT2D eigenvalue weighted by molar-refractivity contribution is -0.384. The highest BCUT2D eigenvalue weighted by atomic mass is 16.6. The molecule has 1 aromatic heterocycles. The molecule has 0 unspecified atom stereocenters. The van der Waals surface area contributed by atoms with E-state index in [2.05, 4.69) is 20.7 Å². The molecule has 0 aliphatic rings. The third-order valence-electron chi connectivity index (χ3n) is 2.09. The number of aromatic hydroxyl groups is 1. The third-order valence-corrected chi connectivity index (χ3v) is 2.09. The predicted octanol–water partition coefficient (Wildman–Crippen LogP) is 0.671. The van der Waals surface area contributed by atoms with Crippen LogP contribution in [0.4, 0.5) is 11.4 Å². The van der Waals surface area contributed by atoms with Crippen molar-refractivity contribution in [2.75, 3.05) is 5.32 Å². The van der Waals surface area contributed by atoms with E-state index in [9.17, 15) is 20.0 Å². The van der Waals surface area contributed by atoms with Crippen LogP contribution in [0.5, 0.6) is 5.75 Å². The van der Waals surface area contributed by atoms with Crippen LogP contribution in [0.1, 0.15) is 10.5 Å². The van der Waals surface area contributed by atoms with E-state index in [1.54, 1.807) is 0 Å². The fraction of sp³-hybridized carbons (Fsp3) is 0. The number of phenolic OH excluding ortho intramolecular Hbond substituents is 1. The molecule has 0 saturated carbocycles. The molecule has 0 spiro atoms. The number of hydrogen-bond acceptors (Lipinski definition) is 6. The van der Waals surface area contributed by atoms with Crippen LogP contribution in [0.15, 0.2) is 24.4 Å². The number of hydrogen-bond donors (Lipinski definition) is 3. The Kier molecular flexibility index (Phi) is 2.87. The molecule has 2 aromatic rings. The maximum absolute atomic E-state index is 11.6. The van der Waals surface area contributed by atoms with E-state index >= 15 is 0 Å². The molecular formula is C9H7N5O4. The van der Waals surface area contributed by atoms with Crippen molar-refractivity contribution < 1.29 is 14.8 Å². The first kappa shape index (κ1) is 11.5. The second-order valence-corrected chi connectivity index (χ2v) is 3.27. The highest BCUT2D eigenvalue weighted by Crippen LogP contribution is 2.27. The van der Waals surface area contributed by atoms with Crippen LogP contribution in [0.25, 0.3) is 0 Å². The van der Waals surface area contributed by atoms with Gasteiger partial charge in [-0.15, -0.1) is 0 Å². The first-order valence-electron chi connectivity index (χ1n) is 4.72. The summed E-state index contributed by atoms with van der Waals surface area (Å²) >= 11 is 0. The molecular weight excluding hydrogens is 242 g/mol. The van der Waals surface area contributed by atoms with E-state index in [0.717, 1.165) is 12.1 Å². The highest BCUT2D eigenvalue weighted by Gasteiger charge is 2.14. The fourth-order valence-electron chi connectivity index (χ4n) is 1.24. The number of benzene rings is 1. The molecule has 0 aliphatic carbocycles. The summed E-state index contributed by atoms with van der Waals surface area (Å²) in [6.07, 6.45) is 1.21. The van der Waals surface area contributed by atoms with Crippen LogP contribution < -0.4 is 5.32 Å².